The average Bonchev–Trinajstić information content (AvgIpc) is 2.72. The van der Waals surface area contributed by atoms with Gasteiger partial charge >= 0.3 is 0 Å². The van der Waals surface area contributed by atoms with Gasteiger partial charge in [0.25, 0.3) is 5.95 Å². The van der Waals surface area contributed by atoms with Crippen molar-refractivity contribution in [1.82, 2.24) is 4.98 Å². The first-order valence-electron chi connectivity index (χ1n) is 4.99. The molecule has 0 radical (unpaired) electrons. The first-order chi connectivity index (χ1) is 7.92. The number of aromatic nitrogens is 1. The lowest BCUT2D eigenvalue weighted by atomic mass is 10.3. The van der Waals surface area contributed by atoms with Crippen LogP contribution in [-0.4, -0.2) is 4.98 Å². The number of benzene rings is 1. The van der Waals surface area contributed by atoms with Crippen molar-refractivity contribution in [1.29, 1.82) is 0 Å². The Morgan fingerprint density at radius 3 is 2.69 bits per heavy atom. The Balaban J connectivity index is 1.95. The summed E-state index contributed by atoms with van der Waals surface area (Å²) in [6.45, 7) is 0. The molecule has 0 fully saturated rings. The molecule has 0 amide bonds. The highest BCUT2D eigenvalue weighted by Gasteiger charge is 2.04. The monoisotopic (exact) mass is 211 g/mol. The minimum Gasteiger partial charge on any atom is -0.425 e. The maximum atomic E-state index is 5.51. The second-order valence-electron chi connectivity index (χ2n) is 3.37. The van der Waals surface area contributed by atoms with E-state index in [0.717, 1.165) is 11.0 Å². The van der Waals surface area contributed by atoms with Crippen LogP contribution in [0.4, 0.5) is 0 Å². The van der Waals surface area contributed by atoms with Gasteiger partial charge in [0.2, 0.25) is 5.88 Å². The Morgan fingerprint density at radius 2 is 1.88 bits per heavy atom. The molecule has 3 heteroatoms. The number of nitrogens with zero attached hydrogens (tertiary/aromatic N) is 1. The Hall–Kier alpha value is -2.29. The smallest absolute Gasteiger partial charge is 0.292 e. The summed E-state index contributed by atoms with van der Waals surface area (Å²) in [5, 5.41) is 1.02. The molecule has 0 aliphatic rings. The Labute approximate surface area is 92.3 Å². The number of pyridine rings is 1. The van der Waals surface area contributed by atoms with Crippen LogP contribution in [0.3, 0.4) is 0 Å². The minimum absolute atomic E-state index is 0.458. The van der Waals surface area contributed by atoms with Gasteiger partial charge in [-0.1, -0.05) is 24.3 Å². The highest BCUT2D eigenvalue weighted by molar-refractivity contribution is 5.78. The molecule has 16 heavy (non-hydrogen) atoms. The van der Waals surface area contributed by atoms with Gasteiger partial charge in [0.15, 0.2) is 0 Å². The predicted molar refractivity (Wildman–Crippen MR) is 60.5 cm³/mol. The Kier molecular flexibility index (Phi) is 2.07. The van der Waals surface area contributed by atoms with Crippen LogP contribution < -0.4 is 4.74 Å². The molecular weight excluding hydrogens is 202 g/mol. The van der Waals surface area contributed by atoms with Crippen LogP contribution in [-0.2, 0) is 0 Å². The van der Waals surface area contributed by atoms with Crippen LogP contribution in [0.5, 0.6) is 11.8 Å². The standard InChI is InChI=1S/C13H9NO2/c1-2-6-11-10(5-1)9-13(15-11)16-12-7-3-4-8-14-12/h1-9H. The SMILES string of the molecule is c1ccc(Oc2cc3ccccc3o2)nc1. The number of hydrogen-bond donors (Lipinski definition) is 0. The van der Waals surface area contributed by atoms with Gasteiger partial charge in [-0.3, -0.25) is 0 Å². The molecule has 2 aromatic heterocycles. The van der Waals surface area contributed by atoms with Gasteiger partial charge in [-0.2, -0.15) is 0 Å². The minimum atomic E-state index is 0.458. The number of fused-ring (bicyclic) bond motifs is 1. The van der Waals surface area contributed by atoms with E-state index in [1.165, 1.54) is 0 Å². The summed E-state index contributed by atoms with van der Waals surface area (Å²) >= 11 is 0. The lowest BCUT2D eigenvalue weighted by Gasteiger charge is -1.98. The van der Waals surface area contributed by atoms with Gasteiger partial charge in [-0.25, -0.2) is 4.98 Å². The van der Waals surface area contributed by atoms with Crippen molar-refractivity contribution in [2.75, 3.05) is 0 Å². The van der Waals surface area contributed by atoms with E-state index in [4.69, 9.17) is 9.15 Å². The lowest BCUT2D eigenvalue weighted by molar-refractivity contribution is 0.350. The highest BCUT2D eigenvalue weighted by Crippen LogP contribution is 2.27. The number of ether oxygens (including phenoxy) is 1. The van der Waals surface area contributed by atoms with Crippen molar-refractivity contribution in [2.24, 2.45) is 0 Å². The third-order valence-electron chi connectivity index (χ3n) is 2.25. The number of para-hydroxylation sites is 1. The molecule has 0 aliphatic carbocycles. The maximum absolute atomic E-state index is 5.51. The molecule has 0 N–H and O–H groups in total. The summed E-state index contributed by atoms with van der Waals surface area (Å²) in [5.74, 6) is 0.987. The average molecular weight is 211 g/mol. The first kappa shape index (κ1) is 8.97. The van der Waals surface area contributed by atoms with Gasteiger partial charge in [-0.15, -0.1) is 0 Å². The van der Waals surface area contributed by atoms with Crippen molar-refractivity contribution < 1.29 is 9.15 Å². The third-order valence-corrected chi connectivity index (χ3v) is 2.25. The van der Waals surface area contributed by atoms with Crippen molar-refractivity contribution in [2.45, 2.75) is 0 Å². The fourth-order valence-corrected chi connectivity index (χ4v) is 1.52. The van der Waals surface area contributed by atoms with Gasteiger partial charge in [-0.05, 0) is 12.1 Å². The molecule has 0 spiro atoms. The van der Waals surface area contributed by atoms with Crippen LogP contribution in [0.2, 0.25) is 0 Å². The Bertz CT molecular complexity index is 568. The molecule has 0 unspecified atom stereocenters. The highest BCUT2D eigenvalue weighted by atomic mass is 16.6. The normalized spacial score (nSPS) is 10.5. The summed E-state index contributed by atoms with van der Waals surface area (Å²) in [7, 11) is 0. The van der Waals surface area contributed by atoms with E-state index in [0.29, 0.717) is 11.8 Å². The molecule has 0 aliphatic heterocycles. The molecule has 1 aromatic carbocycles. The van der Waals surface area contributed by atoms with E-state index >= 15 is 0 Å². The first-order valence-corrected chi connectivity index (χ1v) is 4.99. The zero-order valence-corrected chi connectivity index (χ0v) is 8.46. The van der Waals surface area contributed by atoms with Crippen molar-refractivity contribution in [3.63, 3.8) is 0 Å². The summed E-state index contributed by atoms with van der Waals surface area (Å²) in [4.78, 5) is 4.06. The molecule has 78 valence electrons. The van der Waals surface area contributed by atoms with Crippen LogP contribution in [0, 0.1) is 0 Å². The number of furan rings is 1. The van der Waals surface area contributed by atoms with E-state index in [2.05, 4.69) is 4.98 Å². The lowest BCUT2D eigenvalue weighted by Crippen LogP contribution is -1.83. The van der Waals surface area contributed by atoms with E-state index in [1.54, 1.807) is 12.3 Å². The predicted octanol–water partition coefficient (Wildman–Crippen LogP) is 3.62. The molecule has 0 atom stereocenters. The van der Waals surface area contributed by atoms with E-state index < -0.39 is 0 Å². The maximum Gasteiger partial charge on any atom is 0.292 e. The van der Waals surface area contributed by atoms with Crippen molar-refractivity contribution in [3.05, 3.63) is 54.7 Å². The largest absolute Gasteiger partial charge is 0.425 e. The van der Waals surface area contributed by atoms with Crippen LogP contribution >= 0.6 is 0 Å². The quantitative estimate of drug-likeness (QED) is 0.649. The molecule has 3 nitrogen and oxygen atoms in total. The number of hydrogen-bond acceptors (Lipinski definition) is 3. The summed E-state index contributed by atoms with van der Waals surface area (Å²) in [6, 6.07) is 15.1. The molecule has 0 saturated carbocycles. The second kappa shape index (κ2) is 3.70. The molecule has 3 rings (SSSR count). The number of rotatable bonds is 2. The van der Waals surface area contributed by atoms with Gasteiger partial charge < -0.3 is 9.15 Å². The zero-order valence-electron chi connectivity index (χ0n) is 8.46. The van der Waals surface area contributed by atoms with Gasteiger partial charge in [0, 0.05) is 23.7 Å². The summed E-state index contributed by atoms with van der Waals surface area (Å²) in [5.41, 5.74) is 0.813. The van der Waals surface area contributed by atoms with Crippen LogP contribution in [0.15, 0.2) is 59.1 Å². The third kappa shape index (κ3) is 1.63. The summed E-state index contributed by atoms with van der Waals surface area (Å²) < 4.78 is 11.0. The van der Waals surface area contributed by atoms with Crippen LogP contribution in [0.1, 0.15) is 0 Å². The molecule has 2 heterocycles. The Morgan fingerprint density at radius 1 is 1.00 bits per heavy atom. The van der Waals surface area contributed by atoms with Gasteiger partial charge in [0.1, 0.15) is 5.58 Å². The fourth-order valence-electron chi connectivity index (χ4n) is 1.52. The summed E-state index contributed by atoms with van der Waals surface area (Å²) in [6.07, 6.45) is 1.68. The zero-order chi connectivity index (χ0) is 10.8. The fraction of sp³-hybridized carbons (Fsp3) is 0. The van der Waals surface area contributed by atoms with Crippen molar-refractivity contribution in [3.8, 4) is 11.8 Å². The second-order valence-corrected chi connectivity index (χ2v) is 3.37. The molecule has 3 aromatic rings. The van der Waals surface area contributed by atoms with Gasteiger partial charge in [0.05, 0.1) is 0 Å². The molecule has 0 bridgehead atoms. The van der Waals surface area contributed by atoms with E-state index in [1.807, 2.05) is 42.5 Å². The molecule has 0 saturated heterocycles. The van der Waals surface area contributed by atoms with E-state index in [-0.39, 0.29) is 0 Å². The van der Waals surface area contributed by atoms with Crippen LogP contribution in [0.25, 0.3) is 11.0 Å². The van der Waals surface area contributed by atoms with Crippen molar-refractivity contribution >= 4 is 11.0 Å². The van der Waals surface area contributed by atoms with E-state index in [9.17, 15) is 0 Å². The topological polar surface area (TPSA) is 35.3 Å². The molecular formula is C13H9NO2.